The van der Waals surface area contributed by atoms with Gasteiger partial charge in [-0.1, -0.05) is 39.5 Å². The van der Waals surface area contributed by atoms with Crippen molar-refractivity contribution < 1.29 is 19.8 Å². The summed E-state index contributed by atoms with van der Waals surface area (Å²) in [5, 5.41) is 24.7. The summed E-state index contributed by atoms with van der Waals surface area (Å²) in [5.74, 6) is -3.03. The first-order valence-corrected chi connectivity index (χ1v) is 13.3. The fraction of sp³-hybridized carbons (Fsp3) is 0.909. The van der Waals surface area contributed by atoms with E-state index in [1.165, 1.54) is 0 Å². The molecule has 0 radical (unpaired) electrons. The maximum atomic E-state index is 12.3. The van der Waals surface area contributed by atoms with E-state index in [0.29, 0.717) is 38.5 Å². The monoisotopic (exact) mass is 494 g/mol. The summed E-state index contributed by atoms with van der Waals surface area (Å²) < 4.78 is 0. The Hall–Kier alpha value is 0.340. The van der Waals surface area contributed by atoms with Crippen LogP contribution < -0.4 is 10.2 Å². The lowest BCUT2D eigenvalue weighted by molar-refractivity contribution is -0.355. The van der Waals surface area contributed by atoms with Crippen LogP contribution in [-0.2, 0) is 9.59 Å². The van der Waals surface area contributed by atoms with E-state index < -0.39 is 22.8 Å². The van der Waals surface area contributed by atoms with Crippen LogP contribution in [0.1, 0.15) is 90.9 Å². The summed E-state index contributed by atoms with van der Waals surface area (Å²) in [6, 6.07) is 0. The molecular weight excluding hydrogens is 457 g/mol. The molecule has 8 heteroatoms. The molecule has 1 aliphatic carbocycles. The van der Waals surface area contributed by atoms with Gasteiger partial charge in [-0.05, 0) is 56.8 Å². The minimum Gasteiger partial charge on any atom is -0.549 e. The first-order valence-electron chi connectivity index (χ1n) is 11.2. The van der Waals surface area contributed by atoms with Gasteiger partial charge in [0.05, 0.1) is 17.4 Å². The lowest BCUT2D eigenvalue weighted by atomic mass is 9.52. The fourth-order valence-corrected chi connectivity index (χ4v) is 6.43. The quantitative estimate of drug-likeness (QED) is 0.220. The summed E-state index contributed by atoms with van der Waals surface area (Å²) in [4.78, 5) is 24.6. The Labute approximate surface area is 204 Å². The zero-order chi connectivity index (χ0) is 22.9. The van der Waals surface area contributed by atoms with Gasteiger partial charge in [-0.3, -0.25) is 0 Å². The maximum absolute atomic E-state index is 12.3. The summed E-state index contributed by atoms with van der Waals surface area (Å²) in [6.07, 6.45) is 7.86. The molecular formula is C22H38O4S4-2. The average Bonchev–Trinajstić information content (AvgIpc) is 2.70. The second-order valence-electron chi connectivity index (χ2n) is 8.89. The third-order valence-electron chi connectivity index (χ3n) is 6.95. The molecule has 30 heavy (non-hydrogen) atoms. The summed E-state index contributed by atoms with van der Waals surface area (Å²) >= 11 is 18.7. The Morgan fingerprint density at radius 2 is 1.10 bits per heavy atom. The van der Waals surface area contributed by atoms with E-state index in [1.54, 1.807) is 0 Å². The highest BCUT2D eigenvalue weighted by Gasteiger charge is 2.54. The van der Waals surface area contributed by atoms with E-state index in [0.717, 1.165) is 32.1 Å². The number of hydrogen-bond acceptors (Lipinski definition) is 8. The molecule has 0 aromatic heterocycles. The molecule has 4 atom stereocenters. The standard InChI is InChI=1S/C22H40O4S4/c1-3-7-15(27)17(29)9-13-21(14-10-18(30)16(28)8-4-2)11-5-6-12-22(21,19(23)24)20(25)26/h15-18,27-30H,3-14H2,1-2H3,(H,23,24)(H,25,26)/p-2. The normalized spacial score (nSPS) is 25.3. The van der Waals surface area contributed by atoms with Gasteiger partial charge in [-0.2, -0.15) is 50.5 Å². The van der Waals surface area contributed by atoms with Crippen LogP contribution in [0, 0.1) is 10.8 Å². The average molecular weight is 495 g/mol. The molecule has 1 aliphatic rings. The Morgan fingerprint density at radius 3 is 1.47 bits per heavy atom. The second kappa shape index (κ2) is 13.1. The molecule has 0 heterocycles. The van der Waals surface area contributed by atoms with Crippen molar-refractivity contribution in [2.45, 2.75) is 112 Å². The highest BCUT2D eigenvalue weighted by Crippen LogP contribution is 2.57. The smallest absolute Gasteiger partial charge is 0.0550 e. The van der Waals surface area contributed by atoms with Crippen LogP contribution in [-0.4, -0.2) is 32.9 Å². The topological polar surface area (TPSA) is 80.3 Å². The molecule has 1 fully saturated rings. The van der Waals surface area contributed by atoms with Crippen LogP contribution in [0.15, 0.2) is 0 Å². The van der Waals surface area contributed by atoms with Crippen LogP contribution in [0.3, 0.4) is 0 Å². The third kappa shape index (κ3) is 6.67. The van der Waals surface area contributed by atoms with Crippen molar-refractivity contribution in [2.24, 2.45) is 10.8 Å². The van der Waals surface area contributed by atoms with Crippen molar-refractivity contribution in [3.05, 3.63) is 0 Å². The molecule has 0 bridgehead atoms. The van der Waals surface area contributed by atoms with Gasteiger partial charge in [0.2, 0.25) is 0 Å². The first kappa shape index (κ1) is 28.4. The van der Waals surface area contributed by atoms with E-state index >= 15 is 0 Å². The molecule has 1 saturated carbocycles. The van der Waals surface area contributed by atoms with Crippen LogP contribution in [0.4, 0.5) is 0 Å². The number of hydrogen-bond donors (Lipinski definition) is 4. The molecule has 4 nitrogen and oxygen atoms in total. The van der Waals surface area contributed by atoms with Crippen molar-refractivity contribution in [2.75, 3.05) is 0 Å². The van der Waals surface area contributed by atoms with Gasteiger partial charge in [0, 0.05) is 21.0 Å². The molecule has 176 valence electrons. The van der Waals surface area contributed by atoms with Gasteiger partial charge in [-0.25, -0.2) is 0 Å². The Kier molecular flexibility index (Phi) is 12.4. The molecule has 0 spiro atoms. The van der Waals surface area contributed by atoms with Crippen LogP contribution >= 0.6 is 50.5 Å². The zero-order valence-electron chi connectivity index (χ0n) is 18.2. The number of aliphatic carboxylic acids is 2. The number of rotatable bonds is 14. The molecule has 0 aromatic rings. The predicted octanol–water partition coefficient (Wildman–Crippen LogP) is 3.39. The fourth-order valence-electron chi connectivity index (χ4n) is 5.06. The zero-order valence-corrected chi connectivity index (χ0v) is 21.8. The largest absolute Gasteiger partial charge is 0.549 e. The number of carboxylic acid groups (broad SMARTS) is 2. The molecule has 1 rings (SSSR count). The minimum atomic E-state index is -1.97. The highest BCUT2D eigenvalue weighted by molar-refractivity contribution is 7.85. The van der Waals surface area contributed by atoms with E-state index in [-0.39, 0.29) is 27.4 Å². The van der Waals surface area contributed by atoms with Crippen molar-refractivity contribution in [1.29, 1.82) is 0 Å². The van der Waals surface area contributed by atoms with Crippen molar-refractivity contribution >= 4 is 62.5 Å². The molecule has 0 aliphatic heterocycles. The van der Waals surface area contributed by atoms with Gasteiger partial charge in [0.15, 0.2) is 0 Å². The van der Waals surface area contributed by atoms with Gasteiger partial charge in [0.25, 0.3) is 0 Å². The van der Waals surface area contributed by atoms with Gasteiger partial charge >= 0.3 is 0 Å². The number of carbonyl (C=O) groups is 2. The lowest BCUT2D eigenvalue weighted by Gasteiger charge is -2.56. The maximum Gasteiger partial charge on any atom is 0.0550 e. The van der Waals surface area contributed by atoms with Crippen molar-refractivity contribution in [3.63, 3.8) is 0 Å². The highest BCUT2D eigenvalue weighted by atomic mass is 32.1. The SMILES string of the molecule is CCCC(S)C(S)CCC1(CCC(S)C(S)CCC)CCCCC1(C(=O)[O-])C(=O)[O-]. The minimum absolute atomic E-state index is 0.0298. The Bertz CT molecular complexity index is 521. The molecule has 0 N–H and O–H groups in total. The number of carbonyl (C=O) groups excluding carboxylic acids is 2. The van der Waals surface area contributed by atoms with Crippen LogP contribution in [0.5, 0.6) is 0 Å². The van der Waals surface area contributed by atoms with E-state index in [1.807, 2.05) is 0 Å². The molecule has 0 amide bonds. The Balaban J connectivity index is 3.19. The van der Waals surface area contributed by atoms with E-state index in [2.05, 4.69) is 39.1 Å². The predicted molar refractivity (Wildman–Crippen MR) is 133 cm³/mol. The molecule has 4 unspecified atom stereocenters. The van der Waals surface area contributed by atoms with Crippen LogP contribution in [0.25, 0.3) is 0 Å². The van der Waals surface area contributed by atoms with Crippen LogP contribution in [0.2, 0.25) is 0 Å². The van der Waals surface area contributed by atoms with Crippen molar-refractivity contribution in [3.8, 4) is 0 Å². The third-order valence-corrected chi connectivity index (χ3v) is 9.90. The number of thiol groups is 4. The van der Waals surface area contributed by atoms with E-state index in [4.69, 9.17) is 25.3 Å². The molecule has 0 aromatic carbocycles. The van der Waals surface area contributed by atoms with Gasteiger partial charge in [0.1, 0.15) is 0 Å². The summed E-state index contributed by atoms with van der Waals surface area (Å²) in [6.45, 7) is 4.17. The van der Waals surface area contributed by atoms with Gasteiger partial charge in [-0.15, -0.1) is 0 Å². The summed E-state index contributed by atoms with van der Waals surface area (Å²) in [7, 11) is 0. The number of carboxylic acids is 2. The van der Waals surface area contributed by atoms with E-state index in [9.17, 15) is 19.8 Å². The molecule has 0 saturated heterocycles. The van der Waals surface area contributed by atoms with Crippen molar-refractivity contribution in [1.82, 2.24) is 0 Å². The second-order valence-corrected chi connectivity index (χ2v) is 11.5. The summed E-state index contributed by atoms with van der Waals surface area (Å²) in [5.41, 5.74) is -2.90. The first-order chi connectivity index (χ1) is 14.1. The van der Waals surface area contributed by atoms with Gasteiger partial charge < -0.3 is 19.8 Å². The Morgan fingerprint density at radius 1 is 0.733 bits per heavy atom. The lowest BCUT2D eigenvalue weighted by Crippen LogP contribution is -2.64.